The third-order valence-electron chi connectivity index (χ3n) is 18.1. The van der Waals surface area contributed by atoms with E-state index in [4.69, 9.17) is 42.3 Å². The highest BCUT2D eigenvalue weighted by atomic mass is 19.3. The lowest BCUT2D eigenvalue weighted by molar-refractivity contribution is -0.287. The highest BCUT2D eigenvalue weighted by Crippen LogP contribution is 2.46. The van der Waals surface area contributed by atoms with Gasteiger partial charge in [0.25, 0.3) is 23.6 Å². The SMILES string of the molecule is O=C(C[18F])N(Cc1cccc2c1OC(F)(F)O2)c1ccccc1Oc1ccccc1.O=C(C[18F])N(Cc1cccc2c1OCCCO2)c1ccccc1Oc1ccccc1.O=C(C[18F])N(Cc1cccc2c1OCOC2)c1ccccc1Oc1ccccc1.O=C(C[18F])N(Cc1cccc2ccoc12)c1ccccc1Oc1ccccc1. The van der Waals surface area contributed by atoms with Crippen LogP contribution in [0, 0.1) is 0 Å². The molecule has 3 aliphatic heterocycles. The first-order valence-electron chi connectivity index (χ1n) is 37.0. The zero-order valence-electron chi connectivity index (χ0n) is 62.7. The molecule has 12 aromatic carbocycles. The molecule has 3 aliphatic rings. The Kier molecular flexibility index (Phi) is 27.3. The lowest BCUT2D eigenvalue weighted by Gasteiger charge is -2.27. The fourth-order valence-corrected chi connectivity index (χ4v) is 12.8. The van der Waals surface area contributed by atoms with Gasteiger partial charge in [-0.2, -0.15) is 0 Å². The van der Waals surface area contributed by atoms with Crippen LogP contribution in [0.15, 0.2) is 308 Å². The lowest BCUT2D eigenvalue weighted by Crippen LogP contribution is -2.32. The average molecular weight is 1590 g/mol. The molecule has 13 aromatic rings. The molecule has 4 amide bonds. The largest absolute Gasteiger partial charge is 0.586 e. The van der Waals surface area contributed by atoms with E-state index >= 15 is 0 Å². The molecule has 0 saturated heterocycles. The van der Waals surface area contributed by atoms with E-state index in [2.05, 4.69) is 9.47 Å². The number of carbonyl (C=O) groups is 4. The number of benzene rings is 12. The molecule has 4 heterocycles. The number of halogens is 6. The number of fused-ring (bicyclic) bond motifs is 4. The van der Waals surface area contributed by atoms with Gasteiger partial charge in [-0.1, -0.05) is 182 Å². The van der Waals surface area contributed by atoms with Crippen molar-refractivity contribution < 1.29 is 97.3 Å². The minimum atomic E-state index is -3.80. The van der Waals surface area contributed by atoms with E-state index in [1.807, 2.05) is 176 Å². The Hall–Kier alpha value is -14.2. The van der Waals surface area contributed by atoms with E-state index in [-0.39, 0.29) is 55.7 Å². The van der Waals surface area contributed by atoms with Gasteiger partial charge in [0.2, 0.25) is 0 Å². The van der Waals surface area contributed by atoms with E-state index in [1.54, 1.807) is 109 Å². The molecule has 0 saturated carbocycles. The maximum atomic E-state index is 13.5. The van der Waals surface area contributed by atoms with Crippen LogP contribution in [0.3, 0.4) is 0 Å². The Morgan fingerprint density at radius 2 is 0.701 bits per heavy atom. The number of rotatable bonds is 24. The van der Waals surface area contributed by atoms with Gasteiger partial charge in [-0.05, 0) is 115 Å². The van der Waals surface area contributed by atoms with Crippen LogP contribution >= 0.6 is 0 Å². The quantitative estimate of drug-likeness (QED) is 0.0520. The molecule has 16 rings (SSSR count). The van der Waals surface area contributed by atoms with Crippen molar-refractivity contribution >= 4 is 57.3 Å². The van der Waals surface area contributed by atoms with Crippen LogP contribution in [0.25, 0.3) is 11.0 Å². The first-order valence-corrected chi connectivity index (χ1v) is 37.0. The summed E-state index contributed by atoms with van der Waals surface area (Å²) in [4.78, 5) is 55.2. The highest BCUT2D eigenvalue weighted by Gasteiger charge is 2.45. The number of nitrogens with zero attached hydrogens (tertiary/aromatic N) is 4. The Balaban J connectivity index is 0.000000136. The molecule has 25 heteroatoms. The molecule has 1 aromatic heterocycles. The molecule has 117 heavy (non-hydrogen) atoms. The van der Waals surface area contributed by atoms with Crippen LogP contribution < -0.4 is 62.2 Å². The van der Waals surface area contributed by atoms with E-state index in [1.165, 1.54) is 32.9 Å². The molecule has 0 aliphatic carbocycles. The summed E-state index contributed by atoms with van der Waals surface area (Å²) in [5.41, 5.74) is 5.88. The van der Waals surface area contributed by atoms with Crippen LogP contribution in [0.1, 0.15) is 34.2 Å². The minimum Gasteiger partial charge on any atom is -0.490 e. The second kappa shape index (κ2) is 39.5. The Morgan fingerprint density at radius 1 is 0.342 bits per heavy atom. The summed E-state index contributed by atoms with van der Waals surface area (Å²) in [5.74, 6) is 2.86. The van der Waals surface area contributed by atoms with Crippen molar-refractivity contribution in [2.75, 3.05) is 66.3 Å². The predicted octanol–water partition coefficient (Wildman–Crippen LogP) is 21.0. The van der Waals surface area contributed by atoms with E-state index in [0.29, 0.717) is 106 Å². The van der Waals surface area contributed by atoms with Crippen LogP contribution in [-0.2, 0) is 56.7 Å². The van der Waals surface area contributed by atoms with Crippen molar-refractivity contribution in [3.8, 4) is 74.7 Å². The number of hydrogen-bond acceptors (Lipinski definition) is 15. The molecule has 0 atom stereocenters. The van der Waals surface area contributed by atoms with E-state index in [9.17, 15) is 45.5 Å². The number of alkyl halides is 6. The number of ether oxygens (including phenoxy) is 10. The molecule has 0 bridgehead atoms. The van der Waals surface area contributed by atoms with Gasteiger partial charge in [0.15, 0.2) is 79.5 Å². The zero-order valence-corrected chi connectivity index (χ0v) is 62.7. The molecule has 19 nitrogen and oxygen atoms in total. The van der Waals surface area contributed by atoms with Crippen LogP contribution in [0.5, 0.6) is 74.7 Å². The van der Waals surface area contributed by atoms with E-state index < -0.39 is 56.6 Å². The topological polar surface area (TPSA) is 187 Å². The summed E-state index contributed by atoms with van der Waals surface area (Å²) in [6, 6.07) is 87.5. The van der Waals surface area contributed by atoms with Gasteiger partial charge >= 0.3 is 6.29 Å². The van der Waals surface area contributed by atoms with Gasteiger partial charge in [0.05, 0.1) is 75.0 Å². The van der Waals surface area contributed by atoms with Gasteiger partial charge in [-0.3, -0.25) is 19.2 Å². The van der Waals surface area contributed by atoms with Crippen molar-refractivity contribution in [1.82, 2.24) is 0 Å². The molecule has 0 fully saturated rings. The fourth-order valence-electron chi connectivity index (χ4n) is 12.8. The maximum Gasteiger partial charge on any atom is 0.586 e. The second-order valence-electron chi connectivity index (χ2n) is 26.0. The number of furan rings is 1. The normalized spacial score (nSPS) is 12.5. The Bertz CT molecular complexity index is 5500. The van der Waals surface area contributed by atoms with Crippen molar-refractivity contribution in [3.63, 3.8) is 0 Å². The highest BCUT2D eigenvalue weighted by molar-refractivity contribution is 5.98. The molecule has 0 radical (unpaired) electrons. The first kappa shape index (κ1) is 80.8. The average Bonchev–Trinajstić information content (AvgIpc) is 1.69. The predicted molar refractivity (Wildman–Crippen MR) is 428 cm³/mol. The summed E-state index contributed by atoms with van der Waals surface area (Å²) in [7, 11) is 0. The number of carbonyl (C=O) groups excluding carboxylic acids is 4. The van der Waals surface area contributed by atoms with Gasteiger partial charge in [-0.15, -0.1) is 8.78 Å². The molecule has 0 N–H and O–H groups in total. The number of para-hydroxylation sites is 16. The molecule has 0 spiro atoms. The van der Waals surface area contributed by atoms with Crippen molar-refractivity contribution in [3.05, 3.63) is 331 Å². The monoisotopic (exact) mass is 1590 g/mol. The smallest absolute Gasteiger partial charge is 0.490 e. The molecule has 596 valence electrons. The van der Waals surface area contributed by atoms with Gasteiger partial charge < -0.3 is 71.4 Å². The Labute approximate surface area is 669 Å². The van der Waals surface area contributed by atoms with Crippen molar-refractivity contribution in [1.29, 1.82) is 0 Å². The first-order chi connectivity index (χ1) is 57.2. The van der Waals surface area contributed by atoms with Gasteiger partial charge in [0.1, 0.15) is 34.3 Å². The molecular formula is C92H76F6N4O15. The maximum absolute atomic E-state index is 13.5. The van der Waals surface area contributed by atoms with Crippen LogP contribution in [0.4, 0.5) is 49.1 Å². The summed E-state index contributed by atoms with van der Waals surface area (Å²) < 4.78 is 142. The Morgan fingerprint density at radius 3 is 1.14 bits per heavy atom. The van der Waals surface area contributed by atoms with E-state index in [0.717, 1.165) is 39.0 Å². The fraction of sp³-hybridized carbons (Fsp3) is 0.152. The van der Waals surface area contributed by atoms with Crippen molar-refractivity contribution in [2.45, 2.75) is 45.5 Å². The summed E-state index contributed by atoms with van der Waals surface area (Å²) in [6.45, 7) is -2.70. The third kappa shape index (κ3) is 20.8. The van der Waals surface area contributed by atoms with Crippen LogP contribution in [-0.4, -0.2) is 76.6 Å². The lowest BCUT2D eigenvalue weighted by atomic mass is 10.1. The van der Waals surface area contributed by atoms with Crippen molar-refractivity contribution in [2.24, 2.45) is 0 Å². The van der Waals surface area contributed by atoms with Gasteiger partial charge in [0, 0.05) is 39.6 Å². The summed E-state index contributed by atoms with van der Waals surface area (Å²) in [5, 5.41) is 0.930. The number of hydrogen-bond donors (Lipinski definition) is 0. The summed E-state index contributed by atoms with van der Waals surface area (Å²) in [6.07, 6.45) is -1.43. The number of anilines is 4. The standard InChI is InChI=1S/C24H22FNO4.C23H20FNO4.C23H18FNO3.C22H16F3NO4/c25-16-23(27)26(17-18-8-6-13-22-24(18)29-15-7-14-28-22)20-11-4-5-12-21(20)30-19-9-2-1-3-10-19;24-13-22(26)25(14-17-7-6-8-18-15-27-16-28-23(17)18)20-11-4-5-12-21(20)29-19-9-2-1-3-10-19;24-15-22(26)25(16-18-8-6-7-17-13-14-27-23(17)18)20-11-4-5-12-21(20)28-19-9-2-1-3-10-19;23-13-20(27)26(14-15-7-6-12-19-21(15)30-22(24,25)29-19)17-10-4-5-11-18(17)28-16-8-2-1-3-9-16/h1-6,8-13H,7,14-17H2;1-12H,13-16H2;1-14H,15-16H2;1-12H,13-14H2/i25-1;2*24-1;23-1. The second-order valence-corrected chi connectivity index (χ2v) is 26.0. The summed E-state index contributed by atoms with van der Waals surface area (Å²) >= 11 is 0. The van der Waals surface area contributed by atoms with Crippen LogP contribution in [0.2, 0.25) is 0 Å². The molecule has 0 unspecified atom stereocenters. The van der Waals surface area contributed by atoms with Gasteiger partial charge in [-0.25, -0.2) is 17.6 Å². The third-order valence-corrected chi connectivity index (χ3v) is 18.1. The minimum absolute atomic E-state index is 0.129. The molecular weight excluding hydrogens is 1510 g/mol. The zero-order chi connectivity index (χ0) is 81.3. The number of amides is 4.